The summed E-state index contributed by atoms with van der Waals surface area (Å²) < 4.78 is 11.5. The number of nitrogens with two attached hydrogens (primary N) is 1. The lowest BCUT2D eigenvalue weighted by Gasteiger charge is -2.25. The van der Waals surface area contributed by atoms with E-state index >= 15 is 0 Å². The molecule has 21 heavy (non-hydrogen) atoms. The van der Waals surface area contributed by atoms with E-state index < -0.39 is 0 Å². The minimum Gasteiger partial charge on any atom is -0.486 e. The lowest BCUT2D eigenvalue weighted by molar-refractivity contribution is 0.0971. The van der Waals surface area contributed by atoms with Crippen LogP contribution in [0, 0.1) is 0 Å². The SMILES string of the molecule is Br.NC(=NCC1COc2ccccc2O1)NC1CCCC1. The second kappa shape index (κ2) is 7.54. The first-order chi connectivity index (χ1) is 9.81. The molecule has 1 aromatic carbocycles. The molecule has 1 aliphatic carbocycles. The van der Waals surface area contributed by atoms with E-state index in [1.165, 1.54) is 25.7 Å². The van der Waals surface area contributed by atoms with E-state index in [1.807, 2.05) is 24.3 Å². The molecule has 1 atom stereocenters. The van der Waals surface area contributed by atoms with Crippen molar-refractivity contribution in [2.75, 3.05) is 13.2 Å². The molecule has 0 spiro atoms. The molecule has 116 valence electrons. The largest absolute Gasteiger partial charge is 0.486 e. The van der Waals surface area contributed by atoms with E-state index in [0.29, 0.717) is 25.2 Å². The van der Waals surface area contributed by atoms with Crippen LogP contribution < -0.4 is 20.5 Å². The van der Waals surface area contributed by atoms with Crippen molar-refractivity contribution in [1.82, 2.24) is 5.32 Å². The summed E-state index contributed by atoms with van der Waals surface area (Å²) in [5.41, 5.74) is 5.91. The van der Waals surface area contributed by atoms with Gasteiger partial charge in [-0.1, -0.05) is 25.0 Å². The zero-order valence-electron chi connectivity index (χ0n) is 12.0. The van der Waals surface area contributed by atoms with E-state index in [2.05, 4.69) is 10.3 Å². The van der Waals surface area contributed by atoms with E-state index in [4.69, 9.17) is 15.2 Å². The van der Waals surface area contributed by atoms with Gasteiger partial charge in [0.05, 0.1) is 6.54 Å². The topological polar surface area (TPSA) is 68.9 Å². The molecular weight excluding hydrogens is 334 g/mol. The average molecular weight is 356 g/mol. The first kappa shape index (κ1) is 15.9. The van der Waals surface area contributed by atoms with Gasteiger partial charge in [-0.25, -0.2) is 4.99 Å². The van der Waals surface area contributed by atoms with Crippen LogP contribution in [-0.4, -0.2) is 31.3 Å². The summed E-state index contributed by atoms with van der Waals surface area (Å²) in [6.07, 6.45) is 4.86. The predicted molar refractivity (Wildman–Crippen MR) is 88.6 cm³/mol. The first-order valence-corrected chi connectivity index (χ1v) is 7.26. The van der Waals surface area contributed by atoms with Crippen molar-refractivity contribution in [3.8, 4) is 11.5 Å². The summed E-state index contributed by atoms with van der Waals surface area (Å²) >= 11 is 0. The molecule has 0 saturated heterocycles. The summed E-state index contributed by atoms with van der Waals surface area (Å²) in [5, 5.41) is 3.27. The van der Waals surface area contributed by atoms with Crippen molar-refractivity contribution in [2.24, 2.45) is 10.7 Å². The third-order valence-corrected chi connectivity index (χ3v) is 3.74. The Morgan fingerprint density at radius 3 is 2.71 bits per heavy atom. The standard InChI is InChI=1S/C15H21N3O2.BrH/c16-15(18-11-5-1-2-6-11)17-9-12-10-19-13-7-3-4-8-14(13)20-12;/h3-4,7-8,11-12H,1-2,5-6,9-10H2,(H3,16,17,18);1H. The van der Waals surface area contributed by atoms with Crippen molar-refractivity contribution >= 4 is 22.9 Å². The molecule has 6 heteroatoms. The Balaban J connectivity index is 0.00000161. The Morgan fingerprint density at radius 2 is 1.95 bits per heavy atom. The van der Waals surface area contributed by atoms with E-state index in [9.17, 15) is 0 Å². The average Bonchev–Trinajstić information content (AvgIpc) is 2.98. The molecule has 5 nitrogen and oxygen atoms in total. The molecular formula is C15H22BrN3O2. The van der Waals surface area contributed by atoms with Crippen LogP contribution in [0.1, 0.15) is 25.7 Å². The van der Waals surface area contributed by atoms with Crippen molar-refractivity contribution in [3.63, 3.8) is 0 Å². The summed E-state index contributed by atoms with van der Waals surface area (Å²) in [6.45, 7) is 1.02. The quantitative estimate of drug-likeness (QED) is 0.644. The molecule has 1 aromatic rings. The fourth-order valence-electron chi connectivity index (χ4n) is 2.68. The maximum absolute atomic E-state index is 5.91. The Morgan fingerprint density at radius 1 is 1.24 bits per heavy atom. The highest BCUT2D eigenvalue weighted by Crippen LogP contribution is 2.30. The zero-order valence-corrected chi connectivity index (χ0v) is 13.7. The second-order valence-electron chi connectivity index (χ2n) is 5.35. The minimum absolute atomic E-state index is 0. The van der Waals surface area contributed by atoms with Gasteiger partial charge in [0.25, 0.3) is 0 Å². The number of para-hydroxylation sites is 2. The third-order valence-electron chi connectivity index (χ3n) is 3.74. The Hall–Kier alpha value is -1.43. The third kappa shape index (κ3) is 4.27. The number of guanidine groups is 1. The number of nitrogens with zero attached hydrogens (tertiary/aromatic N) is 1. The van der Waals surface area contributed by atoms with Gasteiger partial charge in [-0.15, -0.1) is 17.0 Å². The van der Waals surface area contributed by atoms with Gasteiger partial charge in [-0.2, -0.15) is 0 Å². The van der Waals surface area contributed by atoms with Gasteiger partial charge in [0.1, 0.15) is 6.61 Å². The highest BCUT2D eigenvalue weighted by Gasteiger charge is 2.20. The zero-order chi connectivity index (χ0) is 13.8. The molecule has 0 radical (unpaired) electrons. The molecule has 1 aliphatic heterocycles. The highest BCUT2D eigenvalue weighted by molar-refractivity contribution is 8.93. The molecule has 0 amide bonds. The molecule has 2 aliphatic rings. The number of aliphatic imine (C=N–C) groups is 1. The van der Waals surface area contributed by atoms with Crippen LogP contribution in [0.5, 0.6) is 11.5 Å². The van der Waals surface area contributed by atoms with Crippen LogP contribution in [0.25, 0.3) is 0 Å². The van der Waals surface area contributed by atoms with Crippen LogP contribution in [0.3, 0.4) is 0 Å². The van der Waals surface area contributed by atoms with Crippen molar-refractivity contribution in [1.29, 1.82) is 0 Å². The molecule has 1 saturated carbocycles. The minimum atomic E-state index is -0.0752. The van der Waals surface area contributed by atoms with Gasteiger partial charge in [0.15, 0.2) is 23.6 Å². The number of hydrogen-bond acceptors (Lipinski definition) is 3. The van der Waals surface area contributed by atoms with Crippen LogP contribution in [0.15, 0.2) is 29.3 Å². The van der Waals surface area contributed by atoms with Gasteiger partial charge in [0.2, 0.25) is 0 Å². The van der Waals surface area contributed by atoms with Crippen LogP contribution in [-0.2, 0) is 0 Å². The van der Waals surface area contributed by atoms with Gasteiger partial charge in [-0.05, 0) is 25.0 Å². The van der Waals surface area contributed by atoms with Gasteiger partial charge < -0.3 is 20.5 Å². The van der Waals surface area contributed by atoms with Crippen LogP contribution in [0.2, 0.25) is 0 Å². The normalized spacial score (nSPS) is 21.7. The molecule has 1 unspecified atom stereocenters. The maximum Gasteiger partial charge on any atom is 0.188 e. The van der Waals surface area contributed by atoms with Gasteiger partial charge in [-0.3, -0.25) is 0 Å². The summed E-state index contributed by atoms with van der Waals surface area (Å²) in [4.78, 5) is 4.36. The number of fused-ring (bicyclic) bond motifs is 1. The van der Waals surface area contributed by atoms with E-state index in [-0.39, 0.29) is 23.1 Å². The first-order valence-electron chi connectivity index (χ1n) is 7.26. The summed E-state index contributed by atoms with van der Waals surface area (Å²) in [5.74, 6) is 2.09. The number of rotatable bonds is 3. The van der Waals surface area contributed by atoms with E-state index in [1.54, 1.807) is 0 Å². The smallest absolute Gasteiger partial charge is 0.188 e. The molecule has 3 rings (SSSR count). The monoisotopic (exact) mass is 355 g/mol. The number of benzene rings is 1. The maximum atomic E-state index is 5.91. The van der Waals surface area contributed by atoms with Crippen molar-refractivity contribution < 1.29 is 9.47 Å². The van der Waals surface area contributed by atoms with Crippen molar-refractivity contribution in [3.05, 3.63) is 24.3 Å². The van der Waals surface area contributed by atoms with Crippen LogP contribution >= 0.6 is 17.0 Å². The number of nitrogens with one attached hydrogen (secondary N) is 1. The Labute approximate surface area is 135 Å². The van der Waals surface area contributed by atoms with E-state index in [0.717, 1.165) is 11.5 Å². The molecule has 0 aromatic heterocycles. The molecule has 1 fully saturated rings. The number of halogens is 1. The van der Waals surface area contributed by atoms with Crippen molar-refractivity contribution in [2.45, 2.75) is 37.8 Å². The van der Waals surface area contributed by atoms with Gasteiger partial charge >= 0.3 is 0 Å². The summed E-state index contributed by atoms with van der Waals surface area (Å²) in [7, 11) is 0. The number of hydrogen-bond donors (Lipinski definition) is 2. The lowest BCUT2D eigenvalue weighted by atomic mass is 10.2. The fraction of sp³-hybridized carbons (Fsp3) is 0.533. The van der Waals surface area contributed by atoms with Crippen LogP contribution in [0.4, 0.5) is 0 Å². The number of ether oxygens (including phenoxy) is 2. The molecule has 0 bridgehead atoms. The van der Waals surface area contributed by atoms with Gasteiger partial charge in [0, 0.05) is 6.04 Å². The molecule has 1 heterocycles. The lowest BCUT2D eigenvalue weighted by Crippen LogP contribution is -2.40. The Bertz CT molecular complexity index is 490. The highest BCUT2D eigenvalue weighted by atomic mass is 79.9. The Kier molecular flexibility index (Phi) is 5.73. The fourth-order valence-corrected chi connectivity index (χ4v) is 2.68. The predicted octanol–water partition coefficient (Wildman–Crippen LogP) is 2.25. The summed E-state index contributed by atoms with van der Waals surface area (Å²) in [6, 6.07) is 8.17. The molecule has 3 N–H and O–H groups in total. The second-order valence-corrected chi connectivity index (χ2v) is 5.35.